The maximum atomic E-state index is 10.7. The summed E-state index contributed by atoms with van der Waals surface area (Å²) >= 11 is 5.44. The van der Waals surface area contributed by atoms with Crippen molar-refractivity contribution in [3.63, 3.8) is 0 Å². The molecule has 0 aromatic heterocycles. The van der Waals surface area contributed by atoms with Gasteiger partial charge in [-0.2, -0.15) is 0 Å². The molecule has 1 aliphatic heterocycles. The van der Waals surface area contributed by atoms with Gasteiger partial charge in [0.15, 0.2) is 5.11 Å². The molecule has 0 amide bonds. The van der Waals surface area contributed by atoms with Gasteiger partial charge in [-0.15, -0.1) is 0 Å². The van der Waals surface area contributed by atoms with Crippen LogP contribution in [0, 0.1) is 10.1 Å². The highest BCUT2D eigenvalue weighted by Crippen LogP contribution is 2.20. The van der Waals surface area contributed by atoms with E-state index < -0.39 is 4.92 Å². The fourth-order valence-corrected chi connectivity index (χ4v) is 3.00. The van der Waals surface area contributed by atoms with Crippen molar-refractivity contribution in [3.05, 3.63) is 58.6 Å². The Morgan fingerprint density at radius 3 is 2.20 bits per heavy atom. The minimum Gasteiger partial charge on any atom is -0.508 e. The van der Waals surface area contributed by atoms with Gasteiger partial charge in [0.05, 0.1) is 4.92 Å². The van der Waals surface area contributed by atoms with E-state index >= 15 is 0 Å². The molecule has 0 bridgehead atoms. The van der Waals surface area contributed by atoms with Crippen molar-refractivity contribution in [2.24, 2.45) is 0 Å². The van der Waals surface area contributed by atoms with Gasteiger partial charge in [-0.25, -0.2) is 0 Å². The number of phenols is 1. The monoisotopic (exact) mass is 358 g/mol. The zero-order valence-corrected chi connectivity index (χ0v) is 14.3. The lowest BCUT2D eigenvalue weighted by molar-refractivity contribution is -0.384. The summed E-state index contributed by atoms with van der Waals surface area (Å²) in [6, 6.07) is 13.4. The van der Waals surface area contributed by atoms with Gasteiger partial charge in [-0.05, 0) is 48.6 Å². The molecular weight excluding hydrogens is 340 g/mol. The van der Waals surface area contributed by atoms with Crippen LogP contribution in [-0.4, -0.2) is 46.2 Å². The number of benzene rings is 2. The molecule has 0 radical (unpaired) electrons. The van der Waals surface area contributed by atoms with Crippen molar-refractivity contribution in [2.45, 2.75) is 0 Å². The highest BCUT2D eigenvalue weighted by molar-refractivity contribution is 7.80. The number of hydrogen-bond donors (Lipinski definition) is 2. The molecule has 2 N–H and O–H groups in total. The molecule has 2 aromatic rings. The molecular formula is C17H18N4O3S. The largest absolute Gasteiger partial charge is 0.508 e. The van der Waals surface area contributed by atoms with Crippen LogP contribution in [0.1, 0.15) is 0 Å². The maximum absolute atomic E-state index is 10.7. The number of non-ortho nitro benzene ring substituents is 1. The molecule has 0 unspecified atom stereocenters. The Morgan fingerprint density at radius 2 is 1.64 bits per heavy atom. The molecule has 1 saturated heterocycles. The number of phenolic OH excluding ortho intramolecular Hbond substituents is 1. The number of nitro benzene ring substituents is 1. The first-order chi connectivity index (χ1) is 12.0. The second-order valence-electron chi connectivity index (χ2n) is 5.72. The number of nitrogens with zero attached hydrogens (tertiary/aromatic N) is 3. The van der Waals surface area contributed by atoms with Gasteiger partial charge < -0.3 is 20.2 Å². The molecule has 25 heavy (non-hydrogen) atoms. The average Bonchev–Trinajstić information content (AvgIpc) is 2.63. The lowest BCUT2D eigenvalue weighted by atomic mass is 10.2. The average molecular weight is 358 g/mol. The molecule has 0 aliphatic carbocycles. The van der Waals surface area contributed by atoms with Gasteiger partial charge in [0.2, 0.25) is 0 Å². The summed E-state index contributed by atoms with van der Waals surface area (Å²) in [6.45, 7) is 3.21. The predicted octanol–water partition coefficient (Wildman–Crippen LogP) is 2.82. The Balaban J connectivity index is 1.54. The number of aromatic hydroxyl groups is 1. The predicted molar refractivity (Wildman–Crippen MR) is 101 cm³/mol. The van der Waals surface area contributed by atoms with Crippen LogP contribution in [0.5, 0.6) is 5.75 Å². The third kappa shape index (κ3) is 4.16. The van der Waals surface area contributed by atoms with Crippen molar-refractivity contribution in [1.29, 1.82) is 0 Å². The van der Waals surface area contributed by atoms with E-state index in [0.717, 1.165) is 37.6 Å². The van der Waals surface area contributed by atoms with Crippen LogP contribution < -0.4 is 10.2 Å². The number of anilines is 2. The lowest BCUT2D eigenvalue weighted by Gasteiger charge is -2.37. The van der Waals surface area contributed by atoms with E-state index in [-0.39, 0.29) is 11.4 Å². The van der Waals surface area contributed by atoms with Gasteiger partial charge in [-0.3, -0.25) is 10.1 Å². The SMILES string of the molecule is O=[N+]([O-])c1ccc(NC(=S)N2CCN(c3ccc(O)cc3)CC2)cc1. The van der Waals surface area contributed by atoms with E-state index in [4.69, 9.17) is 12.2 Å². The van der Waals surface area contributed by atoms with Gasteiger partial charge in [0, 0.05) is 49.7 Å². The van der Waals surface area contributed by atoms with Crippen LogP contribution in [0.25, 0.3) is 0 Å². The second kappa shape index (κ2) is 7.35. The number of piperazine rings is 1. The zero-order chi connectivity index (χ0) is 17.8. The summed E-state index contributed by atoms with van der Waals surface area (Å²) < 4.78 is 0. The van der Waals surface area contributed by atoms with Gasteiger partial charge >= 0.3 is 0 Å². The Hall–Kier alpha value is -2.87. The van der Waals surface area contributed by atoms with E-state index in [1.807, 2.05) is 12.1 Å². The summed E-state index contributed by atoms with van der Waals surface area (Å²) in [7, 11) is 0. The first-order valence-electron chi connectivity index (χ1n) is 7.87. The molecule has 0 spiro atoms. The number of nitro groups is 1. The standard InChI is InChI=1S/C17H18N4O3S/c22-16-7-5-14(6-8-16)19-9-11-20(12-10-19)17(25)18-13-1-3-15(4-2-13)21(23)24/h1-8,22H,9-12H2,(H,18,25). The second-order valence-corrected chi connectivity index (χ2v) is 6.11. The summed E-state index contributed by atoms with van der Waals surface area (Å²) in [5.41, 5.74) is 1.86. The number of thiocarbonyl (C=S) groups is 1. The van der Waals surface area contributed by atoms with Crippen molar-refractivity contribution >= 4 is 34.4 Å². The van der Waals surface area contributed by atoms with Crippen LogP contribution in [-0.2, 0) is 0 Å². The summed E-state index contributed by atoms with van der Waals surface area (Å²) in [6.07, 6.45) is 0. The van der Waals surface area contributed by atoms with E-state index in [9.17, 15) is 15.2 Å². The highest BCUT2D eigenvalue weighted by Gasteiger charge is 2.19. The molecule has 8 heteroatoms. The van der Waals surface area contributed by atoms with Crippen LogP contribution in [0.15, 0.2) is 48.5 Å². The van der Waals surface area contributed by atoms with Gasteiger partial charge in [-0.1, -0.05) is 0 Å². The molecule has 1 heterocycles. The van der Waals surface area contributed by atoms with E-state index in [1.165, 1.54) is 12.1 Å². The molecule has 1 aliphatic rings. The Labute approximate surface area is 150 Å². The van der Waals surface area contributed by atoms with Crippen LogP contribution in [0.2, 0.25) is 0 Å². The lowest BCUT2D eigenvalue weighted by Crippen LogP contribution is -2.50. The summed E-state index contributed by atoms with van der Waals surface area (Å²) in [5.74, 6) is 0.260. The third-order valence-electron chi connectivity index (χ3n) is 4.11. The summed E-state index contributed by atoms with van der Waals surface area (Å²) in [5, 5.41) is 23.8. The molecule has 0 atom stereocenters. The van der Waals surface area contributed by atoms with Crippen LogP contribution in [0.3, 0.4) is 0 Å². The molecule has 2 aromatic carbocycles. The summed E-state index contributed by atoms with van der Waals surface area (Å²) in [4.78, 5) is 14.6. The fraction of sp³-hybridized carbons (Fsp3) is 0.235. The van der Waals surface area contributed by atoms with Crippen molar-refractivity contribution < 1.29 is 10.0 Å². The number of hydrogen-bond acceptors (Lipinski definition) is 5. The van der Waals surface area contributed by atoms with E-state index in [0.29, 0.717) is 5.11 Å². The highest BCUT2D eigenvalue weighted by atomic mass is 32.1. The molecule has 130 valence electrons. The number of rotatable bonds is 3. The minimum absolute atomic E-state index is 0.0546. The van der Waals surface area contributed by atoms with E-state index in [1.54, 1.807) is 24.3 Å². The maximum Gasteiger partial charge on any atom is 0.269 e. The van der Waals surface area contributed by atoms with Gasteiger partial charge in [0.25, 0.3) is 5.69 Å². The van der Waals surface area contributed by atoms with Crippen LogP contribution >= 0.6 is 12.2 Å². The Bertz CT molecular complexity index is 756. The molecule has 0 saturated carbocycles. The third-order valence-corrected chi connectivity index (χ3v) is 4.47. The molecule has 1 fully saturated rings. The Kier molecular flexibility index (Phi) is 4.99. The first-order valence-corrected chi connectivity index (χ1v) is 8.28. The fourth-order valence-electron chi connectivity index (χ4n) is 2.70. The quantitative estimate of drug-likeness (QED) is 0.496. The Morgan fingerprint density at radius 1 is 1.04 bits per heavy atom. The van der Waals surface area contributed by atoms with Gasteiger partial charge in [0.1, 0.15) is 5.75 Å². The van der Waals surface area contributed by atoms with Crippen molar-refractivity contribution in [2.75, 3.05) is 36.4 Å². The minimum atomic E-state index is -0.426. The first kappa shape index (κ1) is 17.0. The van der Waals surface area contributed by atoms with Crippen LogP contribution in [0.4, 0.5) is 17.1 Å². The number of nitrogens with one attached hydrogen (secondary N) is 1. The van der Waals surface area contributed by atoms with Crippen molar-refractivity contribution in [3.8, 4) is 5.75 Å². The zero-order valence-electron chi connectivity index (χ0n) is 13.5. The molecule has 3 rings (SSSR count). The van der Waals surface area contributed by atoms with Crippen molar-refractivity contribution in [1.82, 2.24) is 4.90 Å². The van der Waals surface area contributed by atoms with E-state index in [2.05, 4.69) is 15.1 Å². The topological polar surface area (TPSA) is 81.9 Å². The smallest absolute Gasteiger partial charge is 0.269 e. The normalized spacial score (nSPS) is 14.2. The molecule has 7 nitrogen and oxygen atoms in total.